The Labute approximate surface area is 165 Å². The second-order valence-electron chi connectivity index (χ2n) is 6.03. The zero-order valence-electron chi connectivity index (χ0n) is 15.1. The van der Waals surface area contributed by atoms with Crippen molar-refractivity contribution in [2.45, 2.75) is 13.3 Å². The number of hydrogen-bond acceptors (Lipinski definition) is 5. The van der Waals surface area contributed by atoms with E-state index in [2.05, 4.69) is 0 Å². The summed E-state index contributed by atoms with van der Waals surface area (Å²) in [6.07, 6.45) is 0.156. The molecule has 0 atom stereocenters. The number of fused-ring (bicyclic) bond motifs is 1. The van der Waals surface area contributed by atoms with Crippen LogP contribution in [-0.2, 0) is 9.53 Å². The fourth-order valence-corrected chi connectivity index (χ4v) is 4.00. The van der Waals surface area contributed by atoms with Gasteiger partial charge in [0.15, 0.2) is 6.61 Å². The summed E-state index contributed by atoms with van der Waals surface area (Å²) in [4.78, 5) is 26.7. The Bertz CT molecular complexity index is 1060. The largest absolute Gasteiger partial charge is 0.451 e. The van der Waals surface area contributed by atoms with Gasteiger partial charge in [-0.3, -0.25) is 4.79 Å². The quantitative estimate of drug-likeness (QED) is 0.577. The molecule has 7 heteroatoms. The summed E-state index contributed by atoms with van der Waals surface area (Å²) in [5.74, 6) is -1.49. The van der Waals surface area contributed by atoms with Gasteiger partial charge in [-0.25, -0.2) is 9.18 Å². The van der Waals surface area contributed by atoms with E-state index >= 15 is 0 Å². The molecule has 1 amide bonds. The van der Waals surface area contributed by atoms with E-state index in [-0.39, 0.29) is 17.8 Å². The minimum absolute atomic E-state index is 0.156. The van der Waals surface area contributed by atoms with Crippen LogP contribution in [0, 0.1) is 24.1 Å². The smallest absolute Gasteiger partial charge is 0.349 e. The van der Waals surface area contributed by atoms with Gasteiger partial charge in [-0.2, -0.15) is 5.26 Å². The molecule has 0 radical (unpaired) electrons. The molecule has 28 heavy (non-hydrogen) atoms. The Morgan fingerprint density at radius 3 is 2.61 bits per heavy atom. The van der Waals surface area contributed by atoms with Crippen LogP contribution in [0.5, 0.6) is 0 Å². The number of amides is 1. The maximum absolute atomic E-state index is 14.0. The lowest BCUT2D eigenvalue weighted by Crippen LogP contribution is -2.35. The van der Waals surface area contributed by atoms with E-state index in [1.54, 1.807) is 43.3 Å². The molecule has 142 valence electrons. The Kier molecular flexibility index (Phi) is 6.02. The third kappa shape index (κ3) is 4.02. The zero-order valence-corrected chi connectivity index (χ0v) is 16.0. The highest BCUT2D eigenvalue weighted by Crippen LogP contribution is 2.33. The number of aryl methyl sites for hydroxylation is 1. The molecule has 0 saturated carbocycles. The molecule has 0 aliphatic carbocycles. The summed E-state index contributed by atoms with van der Waals surface area (Å²) in [7, 11) is 0. The number of ether oxygens (including phenoxy) is 1. The Morgan fingerprint density at radius 2 is 1.93 bits per heavy atom. The van der Waals surface area contributed by atoms with Crippen molar-refractivity contribution >= 4 is 39.0 Å². The number of nitrogens with zero attached hydrogens (tertiary/aromatic N) is 2. The summed E-state index contributed by atoms with van der Waals surface area (Å²) in [5.41, 5.74) is 1.12. The van der Waals surface area contributed by atoms with E-state index < -0.39 is 24.3 Å². The molecular formula is C21H17FN2O3S. The number of esters is 1. The number of para-hydroxylation sites is 1. The molecule has 0 aliphatic heterocycles. The SMILES string of the molecule is Cc1c(C(=O)OCC(=O)N(CCC#N)c2ccccc2)sc2cccc(F)c12. The van der Waals surface area contributed by atoms with Crippen molar-refractivity contribution in [2.24, 2.45) is 0 Å². The number of anilines is 1. The highest BCUT2D eigenvalue weighted by molar-refractivity contribution is 7.21. The van der Waals surface area contributed by atoms with Crippen molar-refractivity contribution in [1.29, 1.82) is 5.26 Å². The van der Waals surface area contributed by atoms with Gasteiger partial charge in [-0.05, 0) is 36.8 Å². The molecule has 0 bridgehead atoms. The predicted octanol–water partition coefficient (Wildman–Crippen LogP) is 4.45. The minimum atomic E-state index is -0.667. The fraction of sp³-hybridized carbons (Fsp3) is 0.190. The van der Waals surface area contributed by atoms with Gasteiger partial charge in [0, 0.05) is 22.3 Å². The topological polar surface area (TPSA) is 70.4 Å². The van der Waals surface area contributed by atoms with Gasteiger partial charge in [0.1, 0.15) is 10.7 Å². The molecule has 3 aromatic rings. The normalized spacial score (nSPS) is 10.5. The van der Waals surface area contributed by atoms with Gasteiger partial charge >= 0.3 is 5.97 Å². The van der Waals surface area contributed by atoms with Crippen LogP contribution in [0.25, 0.3) is 10.1 Å². The number of rotatable bonds is 6. The van der Waals surface area contributed by atoms with E-state index in [0.29, 0.717) is 21.3 Å². The maximum Gasteiger partial charge on any atom is 0.349 e. The van der Waals surface area contributed by atoms with Crippen molar-refractivity contribution in [3.8, 4) is 6.07 Å². The second kappa shape index (κ2) is 8.63. The van der Waals surface area contributed by atoms with Crippen molar-refractivity contribution in [1.82, 2.24) is 0 Å². The molecule has 1 aromatic heterocycles. The zero-order chi connectivity index (χ0) is 20.1. The highest BCUT2D eigenvalue weighted by atomic mass is 32.1. The standard InChI is InChI=1S/C21H17FN2O3S/c1-14-19-16(22)9-5-10-17(19)28-20(14)21(26)27-13-18(25)24(12-6-11-23)15-7-3-2-4-8-15/h2-5,7-10H,6,12-13H2,1H3. The second-order valence-corrected chi connectivity index (χ2v) is 7.09. The van der Waals surface area contributed by atoms with Gasteiger partial charge in [0.05, 0.1) is 12.5 Å². The van der Waals surface area contributed by atoms with Crippen LogP contribution in [-0.4, -0.2) is 25.0 Å². The van der Waals surface area contributed by atoms with Gasteiger partial charge in [-0.15, -0.1) is 11.3 Å². The molecule has 0 aliphatic rings. The number of carbonyl (C=O) groups excluding carboxylic acids is 2. The first kappa shape index (κ1) is 19.5. The van der Waals surface area contributed by atoms with E-state index in [1.807, 2.05) is 12.1 Å². The maximum atomic E-state index is 14.0. The first-order valence-corrected chi connectivity index (χ1v) is 9.41. The van der Waals surface area contributed by atoms with E-state index in [9.17, 15) is 14.0 Å². The first-order valence-electron chi connectivity index (χ1n) is 8.60. The summed E-state index contributed by atoms with van der Waals surface area (Å²) >= 11 is 1.13. The van der Waals surface area contributed by atoms with Crippen LogP contribution in [0.2, 0.25) is 0 Å². The third-order valence-corrected chi connectivity index (χ3v) is 5.47. The summed E-state index contributed by atoms with van der Waals surface area (Å²) < 4.78 is 19.9. The van der Waals surface area contributed by atoms with Gasteiger partial charge in [-0.1, -0.05) is 24.3 Å². The Morgan fingerprint density at radius 1 is 1.18 bits per heavy atom. The highest BCUT2D eigenvalue weighted by Gasteiger charge is 2.22. The van der Waals surface area contributed by atoms with E-state index in [1.165, 1.54) is 11.0 Å². The van der Waals surface area contributed by atoms with E-state index in [0.717, 1.165) is 11.3 Å². The van der Waals surface area contributed by atoms with Gasteiger partial charge < -0.3 is 9.64 Å². The molecular weight excluding hydrogens is 379 g/mol. The first-order chi connectivity index (χ1) is 13.5. The number of benzene rings is 2. The van der Waals surface area contributed by atoms with E-state index in [4.69, 9.17) is 10.00 Å². The van der Waals surface area contributed by atoms with Crippen LogP contribution in [0.15, 0.2) is 48.5 Å². The molecule has 0 saturated heterocycles. The van der Waals surface area contributed by atoms with Crippen LogP contribution in [0.4, 0.5) is 10.1 Å². The molecule has 0 N–H and O–H groups in total. The lowest BCUT2D eigenvalue weighted by atomic mass is 10.1. The molecule has 0 fully saturated rings. The van der Waals surface area contributed by atoms with Gasteiger partial charge in [0.25, 0.3) is 5.91 Å². The molecule has 1 heterocycles. The lowest BCUT2D eigenvalue weighted by molar-refractivity contribution is -0.121. The molecule has 0 spiro atoms. The average molecular weight is 396 g/mol. The van der Waals surface area contributed by atoms with Gasteiger partial charge in [0.2, 0.25) is 0 Å². The van der Waals surface area contributed by atoms with Crippen LogP contribution in [0.3, 0.4) is 0 Å². The van der Waals surface area contributed by atoms with Crippen LogP contribution >= 0.6 is 11.3 Å². The third-order valence-electron chi connectivity index (χ3n) is 4.23. The monoisotopic (exact) mass is 396 g/mol. The number of carbonyl (C=O) groups is 2. The molecule has 3 rings (SSSR count). The molecule has 5 nitrogen and oxygen atoms in total. The Hall–Kier alpha value is -3.24. The average Bonchev–Trinajstić information content (AvgIpc) is 3.05. The Balaban J connectivity index is 1.74. The van der Waals surface area contributed by atoms with Crippen LogP contribution < -0.4 is 4.90 Å². The summed E-state index contributed by atoms with van der Waals surface area (Å²) in [5, 5.41) is 9.22. The fourth-order valence-electron chi connectivity index (χ4n) is 2.89. The molecule has 0 unspecified atom stereocenters. The summed E-state index contributed by atoms with van der Waals surface area (Å²) in [6.45, 7) is 1.39. The minimum Gasteiger partial charge on any atom is -0.451 e. The molecule has 2 aromatic carbocycles. The van der Waals surface area contributed by atoms with Crippen LogP contribution in [0.1, 0.15) is 21.7 Å². The lowest BCUT2D eigenvalue weighted by Gasteiger charge is -2.21. The van der Waals surface area contributed by atoms with Crippen molar-refractivity contribution in [3.05, 3.63) is 64.8 Å². The number of nitriles is 1. The van der Waals surface area contributed by atoms with Crippen molar-refractivity contribution in [2.75, 3.05) is 18.1 Å². The van der Waals surface area contributed by atoms with Crippen molar-refractivity contribution < 1.29 is 18.7 Å². The predicted molar refractivity (Wildman–Crippen MR) is 106 cm³/mol. The number of hydrogen-bond donors (Lipinski definition) is 0. The van der Waals surface area contributed by atoms with Crippen molar-refractivity contribution in [3.63, 3.8) is 0 Å². The number of halogens is 1. The number of thiophene rings is 1. The summed E-state index contributed by atoms with van der Waals surface area (Å²) in [6, 6.07) is 15.5.